The van der Waals surface area contributed by atoms with E-state index in [4.69, 9.17) is 0 Å². The number of aromatic amines is 1. The van der Waals surface area contributed by atoms with Gasteiger partial charge < -0.3 is 9.47 Å². The van der Waals surface area contributed by atoms with Gasteiger partial charge in [-0.1, -0.05) is 0 Å². The Morgan fingerprint density at radius 2 is 2.25 bits per heavy atom. The van der Waals surface area contributed by atoms with Crippen LogP contribution in [0.4, 0.5) is 0 Å². The average molecular weight is 273 g/mol. The van der Waals surface area contributed by atoms with E-state index < -0.39 is 0 Å². The monoisotopic (exact) mass is 273 g/mol. The van der Waals surface area contributed by atoms with Crippen LogP contribution in [0.5, 0.6) is 0 Å². The Balaban J connectivity index is 1.90. The van der Waals surface area contributed by atoms with E-state index in [1.54, 1.807) is 0 Å². The Morgan fingerprint density at radius 3 is 2.90 bits per heavy atom. The summed E-state index contributed by atoms with van der Waals surface area (Å²) in [5, 5.41) is 6.81. The van der Waals surface area contributed by atoms with Crippen molar-refractivity contribution in [1.82, 2.24) is 24.6 Å². The number of carbonyl (C=O) groups is 1. The molecule has 0 saturated carbocycles. The van der Waals surface area contributed by atoms with Crippen LogP contribution in [0, 0.1) is 6.92 Å². The van der Waals surface area contributed by atoms with Gasteiger partial charge in [-0.2, -0.15) is 5.10 Å². The lowest BCUT2D eigenvalue weighted by atomic mass is 10.0. The number of carbonyl (C=O) groups excluding carboxylic acids is 1. The predicted octanol–water partition coefficient (Wildman–Crippen LogP) is 1.82. The summed E-state index contributed by atoms with van der Waals surface area (Å²) in [4.78, 5) is 18.9. The van der Waals surface area contributed by atoms with Gasteiger partial charge in [0, 0.05) is 19.3 Å². The highest BCUT2D eigenvalue weighted by atomic mass is 16.2. The molecular formula is C14H19N5O. The van der Waals surface area contributed by atoms with Crippen LogP contribution in [0.25, 0.3) is 0 Å². The van der Waals surface area contributed by atoms with Crippen LogP contribution < -0.4 is 0 Å². The van der Waals surface area contributed by atoms with E-state index in [-0.39, 0.29) is 11.9 Å². The molecule has 1 fully saturated rings. The molecule has 0 bridgehead atoms. The van der Waals surface area contributed by atoms with E-state index in [1.165, 1.54) is 6.33 Å². The first kappa shape index (κ1) is 12.9. The molecule has 1 aliphatic heterocycles. The molecule has 1 N–H and O–H groups in total. The lowest BCUT2D eigenvalue weighted by Crippen LogP contribution is -2.39. The standard InChI is InChI=1S/C14H19N5O/c1-10-6-7-12(18(10)2)14(20)19-8-4-3-5-11(19)13-15-9-16-17-13/h6-7,9,11H,3-5,8H2,1-2H3,(H,15,16,17)/t11-/m1/s1. The van der Waals surface area contributed by atoms with Gasteiger partial charge in [0.1, 0.15) is 17.8 Å². The summed E-state index contributed by atoms with van der Waals surface area (Å²) in [7, 11) is 1.93. The molecule has 6 heteroatoms. The van der Waals surface area contributed by atoms with E-state index in [1.807, 2.05) is 35.6 Å². The zero-order valence-electron chi connectivity index (χ0n) is 11.8. The number of piperidine rings is 1. The Kier molecular flexibility index (Phi) is 3.30. The molecule has 0 radical (unpaired) electrons. The molecule has 6 nitrogen and oxygen atoms in total. The Labute approximate surface area is 117 Å². The molecule has 1 atom stereocenters. The van der Waals surface area contributed by atoms with Crippen LogP contribution in [-0.4, -0.2) is 37.1 Å². The lowest BCUT2D eigenvalue weighted by molar-refractivity contribution is 0.0590. The molecule has 106 valence electrons. The highest BCUT2D eigenvalue weighted by Crippen LogP contribution is 2.30. The highest BCUT2D eigenvalue weighted by Gasteiger charge is 2.31. The third-order valence-electron chi connectivity index (χ3n) is 4.10. The number of nitrogens with one attached hydrogen (secondary N) is 1. The van der Waals surface area contributed by atoms with Gasteiger partial charge in [0.25, 0.3) is 5.91 Å². The number of hydrogen-bond acceptors (Lipinski definition) is 3. The van der Waals surface area contributed by atoms with E-state index in [2.05, 4.69) is 15.2 Å². The molecule has 20 heavy (non-hydrogen) atoms. The summed E-state index contributed by atoms with van der Waals surface area (Å²) < 4.78 is 1.94. The molecule has 0 aliphatic carbocycles. The first-order valence-electron chi connectivity index (χ1n) is 6.97. The number of aryl methyl sites for hydroxylation is 1. The molecule has 2 aromatic heterocycles. The average Bonchev–Trinajstić information content (AvgIpc) is 3.10. The van der Waals surface area contributed by atoms with Crippen LogP contribution in [0.2, 0.25) is 0 Å². The molecule has 0 aromatic carbocycles. The fraction of sp³-hybridized carbons (Fsp3) is 0.500. The summed E-state index contributed by atoms with van der Waals surface area (Å²) in [5.74, 6) is 0.852. The van der Waals surface area contributed by atoms with Crippen molar-refractivity contribution in [2.24, 2.45) is 7.05 Å². The maximum Gasteiger partial charge on any atom is 0.271 e. The molecule has 1 amide bonds. The number of aromatic nitrogens is 4. The van der Waals surface area contributed by atoms with Crippen molar-refractivity contribution in [3.63, 3.8) is 0 Å². The largest absolute Gasteiger partial charge is 0.344 e. The van der Waals surface area contributed by atoms with Crippen molar-refractivity contribution >= 4 is 5.91 Å². The van der Waals surface area contributed by atoms with Crippen LogP contribution in [0.3, 0.4) is 0 Å². The van der Waals surface area contributed by atoms with Crippen LogP contribution in [0.1, 0.15) is 47.3 Å². The first-order valence-corrected chi connectivity index (χ1v) is 6.97. The quantitative estimate of drug-likeness (QED) is 0.907. The van der Waals surface area contributed by atoms with Crippen molar-refractivity contribution < 1.29 is 4.79 Å². The van der Waals surface area contributed by atoms with Crippen molar-refractivity contribution in [2.75, 3.05) is 6.54 Å². The van der Waals surface area contributed by atoms with Gasteiger partial charge in [0.15, 0.2) is 0 Å². The molecular weight excluding hydrogens is 254 g/mol. The van der Waals surface area contributed by atoms with Crippen LogP contribution in [-0.2, 0) is 7.05 Å². The molecule has 1 aliphatic rings. The Hall–Kier alpha value is -2.11. The van der Waals surface area contributed by atoms with Gasteiger partial charge in [-0.3, -0.25) is 9.89 Å². The zero-order chi connectivity index (χ0) is 14.1. The Morgan fingerprint density at radius 1 is 1.40 bits per heavy atom. The van der Waals surface area contributed by atoms with E-state index in [0.29, 0.717) is 0 Å². The number of nitrogens with zero attached hydrogens (tertiary/aromatic N) is 4. The van der Waals surface area contributed by atoms with Crippen LogP contribution >= 0.6 is 0 Å². The maximum atomic E-state index is 12.8. The summed E-state index contributed by atoms with van der Waals surface area (Å²) in [5.41, 5.74) is 1.82. The van der Waals surface area contributed by atoms with Crippen molar-refractivity contribution in [3.8, 4) is 0 Å². The highest BCUT2D eigenvalue weighted by molar-refractivity contribution is 5.93. The van der Waals surface area contributed by atoms with Crippen molar-refractivity contribution in [1.29, 1.82) is 0 Å². The van der Waals surface area contributed by atoms with Crippen LogP contribution in [0.15, 0.2) is 18.5 Å². The molecule has 1 saturated heterocycles. The number of rotatable bonds is 2. The number of H-pyrrole nitrogens is 1. The SMILES string of the molecule is Cc1ccc(C(=O)N2CCCC[C@@H]2c2ncn[nH]2)n1C. The normalized spacial score (nSPS) is 19.3. The minimum absolute atomic E-state index is 0.00829. The third-order valence-corrected chi connectivity index (χ3v) is 4.10. The summed E-state index contributed by atoms with van der Waals surface area (Å²) in [6, 6.07) is 3.87. The molecule has 2 aromatic rings. The maximum absolute atomic E-state index is 12.8. The smallest absolute Gasteiger partial charge is 0.271 e. The lowest BCUT2D eigenvalue weighted by Gasteiger charge is -2.34. The molecule has 3 rings (SSSR count). The predicted molar refractivity (Wildman–Crippen MR) is 74.2 cm³/mol. The minimum atomic E-state index is 0.00829. The zero-order valence-corrected chi connectivity index (χ0v) is 11.8. The second-order valence-corrected chi connectivity index (χ2v) is 5.30. The number of hydrogen-bond donors (Lipinski definition) is 1. The van der Waals surface area contributed by atoms with Gasteiger partial charge >= 0.3 is 0 Å². The second-order valence-electron chi connectivity index (χ2n) is 5.30. The summed E-state index contributed by atoms with van der Waals surface area (Å²) >= 11 is 0. The number of amides is 1. The van der Waals surface area contributed by atoms with Gasteiger partial charge in [0.05, 0.1) is 6.04 Å². The van der Waals surface area contributed by atoms with Crippen molar-refractivity contribution in [2.45, 2.75) is 32.2 Å². The summed E-state index contributed by atoms with van der Waals surface area (Å²) in [6.45, 7) is 2.77. The van der Waals surface area contributed by atoms with Crippen molar-refractivity contribution in [3.05, 3.63) is 35.7 Å². The second kappa shape index (κ2) is 5.11. The van der Waals surface area contributed by atoms with Gasteiger partial charge in [-0.05, 0) is 38.3 Å². The minimum Gasteiger partial charge on any atom is -0.344 e. The van der Waals surface area contributed by atoms with Gasteiger partial charge in [0.2, 0.25) is 0 Å². The van der Waals surface area contributed by atoms with E-state index in [0.717, 1.165) is 43.0 Å². The number of likely N-dealkylation sites (tertiary alicyclic amines) is 1. The topological polar surface area (TPSA) is 66.8 Å². The molecule has 3 heterocycles. The third kappa shape index (κ3) is 2.11. The van der Waals surface area contributed by atoms with E-state index in [9.17, 15) is 4.79 Å². The fourth-order valence-corrected chi connectivity index (χ4v) is 2.81. The molecule has 0 unspecified atom stereocenters. The van der Waals surface area contributed by atoms with Gasteiger partial charge in [-0.15, -0.1) is 0 Å². The fourth-order valence-electron chi connectivity index (χ4n) is 2.81. The van der Waals surface area contributed by atoms with Gasteiger partial charge in [-0.25, -0.2) is 4.98 Å². The van der Waals surface area contributed by atoms with E-state index >= 15 is 0 Å². The molecule has 0 spiro atoms. The first-order chi connectivity index (χ1) is 9.68. The Bertz CT molecular complexity index is 601. The summed E-state index contributed by atoms with van der Waals surface area (Å²) in [6.07, 6.45) is 4.59.